The molecule has 5 heteroatoms. The number of carboxylic acid groups (broad SMARTS) is 1. The third-order valence-corrected chi connectivity index (χ3v) is 3.12. The van der Waals surface area contributed by atoms with Crippen molar-refractivity contribution in [1.29, 1.82) is 0 Å². The maximum absolute atomic E-state index is 12.3. The van der Waals surface area contributed by atoms with Gasteiger partial charge in [0.15, 0.2) is 0 Å². The molecule has 17 heavy (non-hydrogen) atoms. The van der Waals surface area contributed by atoms with E-state index in [1.165, 1.54) is 4.90 Å². The smallest absolute Gasteiger partial charge is 0.323 e. The summed E-state index contributed by atoms with van der Waals surface area (Å²) in [5, 5.41) is 8.84. The summed E-state index contributed by atoms with van der Waals surface area (Å²) in [5.41, 5.74) is 5.24. The van der Waals surface area contributed by atoms with Gasteiger partial charge in [-0.2, -0.15) is 0 Å². The largest absolute Gasteiger partial charge is 0.480 e. The molecule has 98 valence electrons. The highest BCUT2D eigenvalue weighted by Crippen LogP contribution is 2.29. The molecule has 0 atom stereocenters. The molecule has 0 radical (unpaired) electrons. The van der Waals surface area contributed by atoms with Gasteiger partial charge in [-0.25, -0.2) is 0 Å². The number of carboxylic acids is 1. The fourth-order valence-electron chi connectivity index (χ4n) is 2.36. The van der Waals surface area contributed by atoms with Gasteiger partial charge in [-0.05, 0) is 18.8 Å². The topological polar surface area (TPSA) is 83.6 Å². The van der Waals surface area contributed by atoms with Crippen molar-refractivity contribution in [2.75, 3.05) is 13.1 Å². The van der Waals surface area contributed by atoms with Crippen molar-refractivity contribution in [3.63, 3.8) is 0 Å². The van der Waals surface area contributed by atoms with Crippen LogP contribution in [0.3, 0.4) is 0 Å². The fourth-order valence-corrected chi connectivity index (χ4v) is 2.36. The summed E-state index contributed by atoms with van der Waals surface area (Å²) >= 11 is 0. The van der Waals surface area contributed by atoms with Crippen LogP contribution < -0.4 is 5.73 Å². The van der Waals surface area contributed by atoms with Gasteiger partial charge < -0.3 is 15.7 Å². The molecule has 0 unspecified atom stereocenters. The van der Waals surface area contributed by atoms with Crippen molar-refractivity contribution < 1.29 is 14.7 Å². The Morgan fingerprint density at radius 3 is 2.29 bits per heavy atom. The molecule has 3 N–H and O–H groups in total. The van der Waals surface area contributed by atoms with Gasteiger partial charge >= 0.3 is 5.97 Å². The quantitative estimate of drug-likeness (QED) is 0.748. The Bertz CT molecular complexity index is 296. The van der Waals surface area contributed by atoms with Crippen molar-refractivity contribution in [1.82, 2.24) is 4.90 Å². The van der Waals surface area contributed by atoms with Crippen LogP contribution in [-0.4, -0.2) is 40.5 Å². The molecular weight excluding hydrogens is 220 g/mol. The molecule has 1 aliphatic rings. The third kappa shape index (κ3) is 3.70. The van der Waals surface area contributed by atoms with Gasteiger partial charge in [-0.15, -0.1) is 0 Å². The lowest BCUT2D eigenvalue weighted by molar-refractivity contribution is -0.147. The van der Waals surface area contributed by atoms with Crippen molar-refractivity contribution in [3.05, 3.63) is 0 Å². The predicted molar refractivity (Wildman–Crippen MR) is 64.4 cm³/mol. The van der Waals surface area contributed by atoms with E-state index >= 15 is 0 Å². The third-order valence-electron chi connectivity index (χ3n) is 3.12. The van der Waals surface area contributed by atoms with Gasteiger partial charge in [-0.3, -0.25) is 9.59 Å². The first-order valence-electron chi connectivity index (χ1n) is 6.15. The predicted octanol–water partition coefficient (Wildman–Crippen LogP) is 0.827. The lowest BCUT2D eigenvalue weighted by Gasteiger charge is -2.31. The molecule has 0 aromatic carbocycles. The molecule has 1 fully saturated rings. The monoisotopic (exact) mass is 242 g/mol. The summed E-state index contributed by atoms with van der Waals surface area (Å²) in [6.07, 6.45) is 3.23. The SMILES string of the molecule is CC(C)CN(CC(=O)O)C(=O)C1(N)CCCC1. The van der Waals surface area contributed by atoms with E-state index < -0.39 is 11.5 Å². The highest BCUT2D eigenvalue weighted by atomic mass is 16.4. The van der Waals surface area contributed by atoms with Crippen LogP contribution in [0.5, 0.6) is 0 Å². The van der Waals surface area contributed by atoms with Gasteiger partial charge in [0, 0.05) is 6.54 Å². The van der Waals surface area contributed by atoms with E-state index in [1.807, 2.05) is 13.8 Å². The Kier molecular flexibility index (Phi) is 4.51. The Labute approximate surface area is 102 Å². The Morgan fingerprint density at radius 1 is 1.35 bits per heavy atom. The van der Waals surface area contributed by atoms with Gasteiger partial charge in [0.25, 0.3) is 0 Å². The maximum Gasteiger partial charge on any atom is 0.323 e. The van der Waals surface area contributed by atoms with Crippen molar-refractivity contribution in [2.45, 2.75) is 45.1 Å². The molecule has 1 amide bonds. The van der Waals surface area contributed by atoms with E-state index in [9.17, 15) is 9.59 Å². The minimum atomic E-state index is -0.986. The van der Waals surface area contributed by atoms with Crippen LogP contribution in [0.1, 0.15) is 39.5 Å². The van der Waals surface area contributed by atoms with Crippen molar-refractivity contribution >= 4 is 11.9 Å². The number of carbonyl (C=O) groups is 2. The number of hydrogen-bond donors (Lipinski definition) is 2. The summed E-state index contributed by atoms with van der Waals surface area (Å²) in [4.78, 5) is 24.4. The molecule has 0 heterocycles. The summed E-state index contributed by atoms with van der Waals surface area (Å²) in [6, 6.07) is 0. The second kappa shape index (κ2) is 5.49. The molecule has 0 aliphatic heterocycles. The molecule has 0 bridgehead atoms. The average Bonchev–Trinajstić information content (AvgIpc) is 2.63. The summed E-state index contributed by atoms with van der Waals surface area (Å²) in [5.74, 6) is -0.949. The van der Waals surface area contributed by atoms with Crippen LogP contribution in [0.2, 0.25) is 0 Å². The fraction of sp³-hybridized carbons (Fsp3) is 0.833. The van der Waals surface area contributed by atoms with Crippen molar-refractivity contribution in [2.24, 2.45) is 11.7 Å². The molecule has 1 rings (SSSR count). The van der Waals surface area contributed by atoms with Gasteiger partial charge in [0.2, 0.25) is 5.91 Å². The van der Waals surface area contributed by atoms with Gasteiger partial charge in [-0.1, -0.05) is 26.7 Å². The number of rotatable bonds is 5. The normalized spacial score (nSPS) is 18.4. The summed E-state index contributed by atoms with van der Waals surface area (Å²) < 4.78 is 0. The first-order chi connectivity index (χ1) is 7.85. The van der Waals surface area contributed by atoms with E-state index in [0.29, 0.717) is 19.4 Å². The number of aliphatic carboxylic acids is 1. The molecule has 0 aromatic rings. The Morgan fingerprint density at radius 2 is 1.88 bits per heavy atom. The van der Waals surface area contributed by atoms with Crippen LogP contribution in [-0.2, 0) is 9.59 Å². The molecule has 1 saturated carbocycles. The zero-order valence-electron chi connectivity index (χ0n) is 10.6. The minimum absolute atomic E-state index is 0.203. The van der Waals surface area contributed by atoms with E-state index in [-0.39, 0.29) is 18.4 Å². The minimum Gasteiger partial charge on any atom is -0.480 e. The molecule has 5 nitrogen and oxygen atoms in total. The molecule has 0 aromatic heterocycles. The van der Waals surface area contributed by atoms with E-state index in [4.69, 9.17) is 10.8 Å². The number of amides is 1. The molecular formula is C12H22N2O3. The molecule has 0 saturated heterocycles. The lowest BCUT2D eigenvalue weighted by atomic mass is 9.96. The number of carbonyl (C=O) groups excluding carboxylic acids is 1. The number of nitrogens with two attached hydrogens (primary N) is 1. The lowest BCUT2D eigenvalue weighted by Crippen LogP contribution is -2.55. The highest BCUT2D eigenvalue weighted by molar-refractivity contribution is 5.89. The second-order valence-electron chi connectivity index (χ2n) is 5.34. The molecule has 0 spiro atoms. The first kappa shape index (κ1) is 14.0. The van der Waals surface area contributed by atoms with Gasteiger partial charge in [0.05, 0.1) is 5.54 Å². The first-order valence-corrected chi connectivity index (χ1v) is 6.15. The van der Waals surface area contributed by atoms with Crippen LogP contribution >= 0.6 is 0 Å². The van der Waals surface area contributed by atoms with E-state index in [1.54, 1.807) is 0 Å². The van der Waals surface area contributed by atoms with E-state index in [2.05, 4.69) is 0 Å². The zero-order valence-corrected chi connectivity index (χ0v) is 10.6. The summed E-state index contributed by atoms with van der Waals surface area (Å²) in [7, 11) is 0. The zero-order chi connectivity index (χ0) is 13.1. The van der Waals surface area contributed by atoms with Crippen LogP contribution in [0.25, 0.3) is 0 Å². The van der Waals surface area contributed by atoms with Gasteiger partial charge in [0.1, 0.15) is 6.54 Å². The Balaban J connectivity index is 2.74. The molecule has 1 aliphatic carbocycles. The van der Waals surface area contributed by atoms with Crippen LogP contribution in [0, 0.1) is 5.92 Å². The second-order valence-corrected chi connectivity index (χ2v) is 5.34. The summed E-state index contributed by atoms with van der Waals surface area (Å²) in [6.45, 7) is 4.11. The number of hydrogen-bond acceptors (Lipinski definition) is 3. The van der Waals surface area contributed by atoms with E-state index in [0.717, 1.165) is 12.8 Å². The standard InChI is InChI=1S/C12H22N2O3/c1-9(2)7-14(8-10(15)16)11(17)12(13)5-3-4-6-12/h9H,3-8,13H2,1-2H3,(H,15,16). The Hall–Kier alpha value is -1.10. The average molecular weight is 242 g/mol. The van der Waals surface area contributed by atoms with Crippen molar-refractivity contribution in [3.8, 4) is 0 Å². The number of nitrogens with zero attached hydrogens (tertiary/aromatic N) is 1. The van der Waals surface area contributed by atoms with Crippen LogP contribution in [0.15, 0.2) is 0 Å². The highest BCUT2D eigenvalue weighted by Gasteiger charge is 2.40. The van der Waals surface area contributed by atoms with Crippen LogP contribution in [0.4, 0.5) is 0 Å². The maximum atomic E-state index is 12.3.